The Morgan fingerprint density at radius 3 is 1.53 bits per heavy atom. The van der Waals surface area contributed by atoms with Gasteiger partial charge in [0, 0.05) is 24.3 Å². The highest BCUT2D eigenvalue weighted by Gasteiger charge is 2.38. The third-order valence-electron chi connectivity index (χ3n) is 5.27. The quantitative estimate of drug-likeness (QED) is 0.261. The predicted molar refractivity (Wildman–Crippen MR) is 139 cm³/mol. The van der Waals surface area contributed by atoms with E-state index in [0.717, 1.165) is 9.80 Å². The van der Waals surface area contributed by atoms with Gasteiger partial charge in [0.05, 0.1) is 33.0 Å². The third-order valence-corrected chi connectivity index (χ3v) is 7.09. The third kappa shape index (κ3) is 5.80. The van der Waals surface area contributed by atoms with Crippen LogP contribution in [0.15, 0.2) is 58.3 Å². The average Bonchev–Trinajstić information content (AvgIpc) is 3.28. The van der Waals surface area contributed by atoms with Crippen LogP contribution in [0.5, 0.6) is 0 Å². The number of carbonyl (C=O) groups is 4. The molecule has 2 saturated heterocycles. The van der Waals surface area contributed by atoms with E-state index >= 15 is 0 Å². The van der Waals surface area contributed by atoms with Gasteiger partial charge in [0.1, 0.15) is 0 Å². The van der Waals surface area contributed by atoms with Gasteiger partial charge in [-0.25, -0.2) is 0 Å². The maximum absolute atomic E-state index is 12.8. The van der Waals surface area contributed by atoms with Crippen LogP contribution in [0.3, 0.4) is 0 Å². The minimum atomic E-state index is -0.613. The summed E-state index contributed by atoms with van der Waals surface area (Å²) in [6.45, 7) is -0.439. The molecule has 2 aromatic carbocycles. The molecular formula is C23H17N5O8S2. The van der Waals surface area contributed by atoms with Crippen molar-refractivity contribution >= 4 is 69.3 Å². The molecule has 2 aromatic rings. The van der Waals surface area contributed by atoms with E-state index in [2.05, 4.69) is 0 Å². The van der Waals surface area contributed by atoms with Gasteiger partial charge >= 0.3 is 0 Å². The molecule has 0 radical (unpaired) electrons. The number of imide groups is 2. The van der Waals surface area contributed by atoms with Gasteiger partial charge in [-0.2, -0.15) is 0 Å². The van der Waals surface area contributed by atoms with Crippen molar-refractivity contribution in [1.82, 2.24) is 14.7 Å². The second-order valence-electron chi connectivity index (χ2n) is 8.06. The largest absolute Gasteiger partial charge is 0.294 e. The Kier molecular flexibility index (Phi) is 7.70. The Balaban J connectivity index is 1.42. The minimum Gasteiger partial charge on any atom is -0.270 e. The average molecular weight is 556 g/mol. The molecular weight excluding hydrogens is 538 g/mol. The molecule has 0 aromatic heterocycles. The highest BCUT2D eigenvalue weighted by Crippen LogP contribution is 2.34. The van der Waals surface area contributed by atoms with Crippen LogP contribution >= 0.6 is 23.5 Å². The normalized spacial score (nSPS) is 17.9. The fourth-order valence-corrected chi connectivity index (χ4v) is 5.19. The van der Waals surface area contributed by atoms with Gasteiger partial charge < -0.3 is 0 Å². The van der Waals surface area contributed by atoms with Crippen LogP contribution in [-0.4, -0.2) is 67.2 Å². The van der Waals surface area contributed by atoms with Crippen molar-refractivity contribution in [3.63, 3.8) is 0 Å². The Bertz CT molecular complexity index is 1350. The number of hydrogen-bond donors (Lipinski definition) is 0. The zero-order chi connectivity index (χ0) is 27.6. The van der Waals surface area contributed by atoms with E-state index in [1.54, 1.807) is 12.1 Å². The molecule has 4 amide bonds. The van der Waals surface area contributed by atoms with Crippen LogP contribution in [0.2, 0.25) is 0 Å². The van der Waals surface area contributed by atoms with Gasteiger partial charge in [-0.15, -0.1) is 0 Å². The minimum absolute atomic E-state index is 0.0787. The van der Waals surface area contributed by atoms with Gasteiger partial charge in [0.2, 0.25) is 0 Å². The van der Waals surface area contributed by atoms with Gasteiger partial charge in [0.25, 0.3) is 33.7 Å². The lowest BCUT2D eigenvalue weighted by Gasteiger charge is -2.25. The number of rotatable bonds is 8. The fraction of sp³-hybridized carbons (Fsp3) is 0.130. The highest BCUT2D eigenvalue weighted by atomic mass is 32.2. The number of nitro benzene ring substituents is 2. The van der Waals surface area contributed by atoms with Crippen molar-refractivity contribution in [2.75, 3.05) is 20.4 Å². The van der Waals surface area contributed by atoms with Crippen LogP contribution in [-0.2, 0) is 9.59 Å². The van der Waals surface area contributed by atoms with Crippen molar-refractivity contribution in [2.45, 2.75) is 0 Å². The predicted octanol–water partition coefficient (Wildman–Crippen LogP) is 4.12. The number of amides is 4. The van der Waals surface area contributed by atoms with Crippen molar-refractivity contribution in [3.8, 4) is 0 Å². The molecule has 15 heteroatoms. The van der Waals surface area contributed by atoms with Crippen molar-refractivity contribution < 1.29 is 29.0 Å². The summed E-state index contributed by atoms with van der Waals surface area (Å²) in [5.74, 6) is -1.23. The first-order chi connectivity index (χ1) is 18.0. The molecule has 0 N–H and O–H groups in total. The summed E-state index contributed by atoms with van der Waals surface area (Å²) in [4.78, 5) is 74.9. The van der Waals surface area contributed by atoms with E-state index in [0.29, 0.717) is 34.7 Å². The maximum atomic E-state index is 12.8. The number of hydrogen-bond acceptors (Lipinski definition) is 11. The molecule has 0 unspecified atom stereocenters. The topological polar surface area (TPSA) is 164 Å². The Hall–Kier alpha value is -4.34. The first-order valence-electron chi connectivity index (χ1n) is 10.7. The van der Waals surface area contributed by atoms with E-state index in [1.165, 1.54) is 60.5 Å². The van der Waals surface area contributed by atoms with Crippen LogP contribution in [0.4, 0.5) is 21.0 Å². The summed E-state index contributed by atoms with van der Waals surface area (Å²) in [6, 6.07) is 11.2. The first kappa shape index (κ1) is 26.7. The SMILES string of the molecule is CN(CN1C(=O)S/C(=C/c2cccc([N+](=O)[O-])c2)C1=O)CN1C(=O)S/C(=C/c2cccc([N+](=O)[O-])c2)C1=O. The second kappa shape index (κ2) is 11.0. The molecule has 13 nitrogen and oxygen atoms in total. The molecule has 0 aliphatic carbocycles. The van der Waals surface area contributed by atoms with Crippen molar-refractivity contribution in [3.05, 3.63) is 89.7 Å². The van der Waals surface area contributed by atoms with E-state index in [1.807, 2.05) is 0 Å². The van der Waals surface area contributed by atoms with Gasteiger partial charge in [-0.05, 0) is 53.9 Å². The molecule has 2 aliphatic rings. The summed E-state index contributed by atoms with van der Waals surface area (Å²) >= 11 is 1.35. The van der Waals surface area contributed by atoms with Gasteiger partial charge in [0.15, 0.2) is 0 Å². The Labute approximate surface area is 223 Å². The standard InChI is InChI=1S/C23H17N5O8S2/c1-24(12-25-20(29)18(37-22(25)31)10-14-4-2-6-16(8-14)27(33)34)13-26-21(30)19(38-23(26)32)11-15-5-3-7-17(9-15)28(35)36/h2-11H,12-13H2,1H3/b18-10+,19-11+. The van der Waals surface area contributed by atoms with Crippen LogP contribution in [0.25, 0.3) is 12.2 Å². The van der Waals surface area contributed by atoms with Gasteiger partial charge in [-0.3, -0.25) is 54.1 Å². The summed E-state index contributed by atoms with van der Waals surface area (Å²) < 4.78 is 0. The van der Waals surface area contributed by atoms with E-state index in [9.17, 15) is 39.4 Å². The Morgan fingerprint density at radius 1 is 0.763 bits per heavy atom. The van der Waals surface area contributed by atoms with Crippen molar-refractivity contribution in [1.29, 1.82) is 0 Å². The number of carbonyl (C=O) groups excluding carboxylic acids is 4. The summed E-state index contributed by atoms with van der Waals surface area (Å²) in [5, 5.41) is 20.8. The number of nitrogens with zero attached hydrogens (tertiary/aromatic N) is 5. The molecule has 2 heterocycles. The van der Waals surface area contributed by atoms with E-state index in [-0.39, 0.29) is 34.5 Å². The number of nitro groups is 2. The van der Waals surface area contributed by atoms with E-state index < -0.39 is 32.1 Å². The Morgan fingerprint density at radius 2 is 1.16 bits per heavy atom. The fourth-order valence-electron chi connectivity index (χ4n) is 3.53. The molecule has 2 fully saturated rings. The molecule has 0 saturated carbocycles. The number of benzene rings is 2. The number of non-ortho nitro benzene ring substituents is 2. The smallest absolute Gasteiger partial charge is 0.270 e. The van der Waals surface area contributed by atoms with E-state index in [4.69, 9.17) is 0 Å². The highest BCUT2D eigenvalue weighted by molar-refractivity contribution is 8.18. The summed E-state index contributed by atoms with van der Waals surface area (Å²) in [5.41, 5.74) is 0.446. The molecule has 194 valence electrons. The molecule has 0 atom stereocenters. The maximum Gasteiger partial charge on any atom is 0.294 e. The first-order valence-corrected chi connectivity index (χ1v) is 12.3. The second-order valence-corrected chi connectivity index (χ2v) is 10.0. The monoisotopic (exact) mass is 555 g/mol. The number of thioether (sulfide) groups is 2. The zero-order valence-electron chi connectivity index (χ0n) is 19.5. The van der Waals surface area contributed by atoms with Gasteiger partial charge in [-0.1, -0.05) is 24.3 Å². The zero-order valence-corrected chi connectivity index (χ0v) is 21.1. The molecule has 4 rings (SSSR count). The summed E-state index contributed by atoms with van der Waals surface area (Å²) in [7, 11) is 1.51. The molecule has 0 spiro atoms. The van der Waals surface area contributed by atoms with Crippen LogP contribution < -0.4 is 0 Å². The molecule has 38 heavy (non-hydrogen) atoms. The van der Waals surface area contributed by atoms with Crippen LogP contribution in [0.1, 0.15) is 11.1 Å². The molecule has 2 aliphatic heterocycles. The summed E-state index contributed by atoms with van der Waals surface area (Å²) in [6.07, 6.45) is 2.76. The lowest BCUT2D eigenvalue weighted by Crippen LogP contribution is -2.45. The lowest BCUT2D eigenvalue weighted by atomic mass is 10.2. The van der Waals surface area contributed by atoms with Crippen LogP contribution in [0, 0.1) is 20.2 Å². The lowest BCUT2D eigenvalue weighted by molar-refractivity contribution is -0.385. The van der Waals surface area contributed by atoms with Crippen molar-refractivity contribution in [2.24, 2.45) is 0 Å². The molecule has 0 bridgehead atoms.